The van der Waals surface area contributed by atoms with E-state index in [1.54, 1.807) is 14.2 Å². The second-order valence-electron chi connectivity index (χ2n) is 10.1. The highest BCUT2D eigenvalue weighted by molar-refractivity contribution is 7.09. The van der Waals surface area contributed by atoms with Crippen molar-refractivity contribution < 1.29 is 23.7 Å². The Bertz CT molecular complexity index is 1420. The van der Waals surface area contributed by atoms with Crippen LogP contribution < -0.4 is 14.2 Å². The Morgan fingerprint density at radius 1 is 0.905 bits per heavy atom. The molecule has 1 fully saturated rings. The van der Waals surface area contributed by atoms with Crippen molar-refractivity contribution in [3.8, 4) is 17.2 Å². The summed E-state index contributed by atoms with van der Waals surface area (Å²) >= 11 is 1.53. The van der Waals surface area contributed by atoms with Crippen LogP contribution >= 0.6 is 11.3 Å². The number of rotatable bonds is 13. The lowest BCUT2D eigenvalue weighted by molar-refractivity contribution is 0.0299. The molecule has 3 aromatic carbocycles. The van der Waals surface area contributed by atoms with Crippen LogP contribution in [-0.2, 0) is 30.9 Å². The predicted octanol–water partition coefficient (Wildman–Crippen LogP) is 5.46. The molecular weight excluding hydrogens is 550 g/mol. The maximum atomic E-state index is 13.0. The summed E-state index contributed by atoms with van der Waals surface area (Å²) in [5.74, 6) is 2.25. The lowest BCUT2D eigenvalue weighted by Crippen LogP contribution is -2.40. The smallest absolute Gasteiger partial charge is 0.273 e. The van der Waals surface area contributed by atoms with Gasteiger partial charge in [0.1, 0.15) is 23.1 Å². The third kappa shape index (κ3) is 8.09. The molecule has 42 heavy (non-hydrogen) atoms. The molecule has 1 aliphatic heterocycles. The van der Waals surface area contributed by atoms with Crippen molar-refractivity contribution in [2.24, 2.45) is 0 Å². The number of thiazole rings is 1. The molecule has 0 bridgehead atoms. The van der Waals surface area contributed by atoms with Gasteiger partial charge in [0.05, 0.1) is 34.0 Å². The fraction of sp³-hybridized carbons (Fsp3) is 0.333. The number of morpholine rings is 1. The van der Waals surface area contributed by atoms with Crippen molar-refractivity contribution >= 4 is 17.2 Å². The minimum Gasteiger partial charge on any atom is -0.493 e. The lowest BCUT2D eigenvalue weighted by atomic mass is 10.1. The van der Waals surface area contributed by atoms with E-state index < -0.39 is 0 Å². The normalized spacial score (nSPS) is 13.3. The molecule has 220 valence electrons. The average Bonchev–Trinajstić information content (AvgIpc) is 3.52. The molecule has 1 amide bonds. The van der Waals surface area contributed by atoms with E-state index in [-0.39, 0.29) is 5.91 Å². The highest BCUT2D eigenvalue weighted by Crippen LogP contribution is 2.28. The van der Waals surface area contributed by atoms with Crippen LogP contribution in [0.15, 0.2) is 78.2 Å². The molecule has 0 saturated carbocycles. The fourth-order valence-corrected chi connectivity index (χ4v) is 5.64. The lowest BCUT2D eigenvalue weighted by Gasteiger charge is -2.26. The maximum Gasteiger partial charge on any atom is 0.273 e. The van der Waals surface area contributed by atoms with Gasteiger partial charge in [-0.1, -0.05) is 48.5 Å². The van der Waals surface area contributed by atoms with Crippen LogP contribution in [0.2, 0.25) is 0 Å². The van der Waals surface area contributed by atoms with Crippen molar-refractivity contribution in [1.29, 1.82) is 0 Å². The first-order valence-electron chi connectivity index (χ1n) is 14.1. The molecule has 1 aromatic heterocycles. The Morgan fingerprint density at radius 2 is 1.64 bits per heavy atom. The SMILES string of the molecule is COc1ccc(CCN(Cc2ccc(OCc3ccccc3)cc2)Cc2nc(C(=O)N3CCOCC3)cs2)cc1OC. The van der Waals surface area contributed by atoms with E-state index in [0.717, 1.165) is 47.1 Å². The zero-order valence-electron chi connectivity index (χ0n) is 24.2. The standard InChI is InChI=1S/C33H37N3O5S/c1-38-30-13-10-25(20-31(30)39-2)14-15-35(22-32-34-29(24-42-32)33(37)36-16-18-40-19-17-36)21-26-8-11-28(12-9-26)41-23-27-6-4-3-5-7-27/h3-13,20,24H,14-19,21-23H2,1-2H3. The number of benzene rings is 3. The molecule has 0 atom stereocenters. The third-order valence-electron chi connectivity index (χ3n) is 7.17. The van der Waals surface area contributed by atoms with Gasteiger partial charge < -0.3 is 23.8 Å². The Hall–Kier alpha value is -3.92. The van der Waals surface area contributed by atoms with Gasteiger partial charge in [-0.15, -0.1) is 11.3 Å². The van der Waals surface area contributed by atoms with E-state index >= 15 is 0 Å². The largest absolute Gasteiger partial charge is 0.493 e. The van der Waals surface area contributed by atoms with Crippen LogP contribution in [-0.4, -0.2) is 67.8 Å². The van der Waals surface area contributed by atoms with Gasteiger partial charge in [0.25, 0.3) is 5.91 Å². The summed E-state index contributed by atoms with van der Waals surface area (Å²) < 4.78 is 22.3. The van der Waals surface area contributed by atoms with E-state index in [4.69, 9.17) is 23.9 Å². The van der Waals surface area contributed by atoms with Crippen molar-refractivity contribution in [2.75, 3.05) is 47.1 Å². The van der Waals surface area contributed by atoms with Crippen LogP contribution in [0.3, 0.4) is 0 Å². The van der Waals surface area contributed by atoms with Crippen LogP contribution in [0.4, 0.5) is 0 Å². The number of methoxy groups -OCH3 is 2. The molecule has 1 saturated heterocycles. The molecular formula is C33H37N3O5S. The van der Waals surface area contributed by atoms with Crippen molar-refractivity contribution in [1.82, 2.24) is 14.8 Å². The summed E-state index contributed by atoms with van der Waals surface area (Å²) in [5, 5.41) is 2.79. The summed E-state index contributed by atoms with van der Waals surface area (Å²) in [5.41, 5.74) is 3.98. The molecule has 5 rings (SSSR count). The molecule has 1 aliphatic rings. The van der Waals surface area contributed by atoms with Crippen LogP contribution in [0, 0.1) is 0 Å². The minimum atomic E-state index is -0.0243. The summed E-state index contributed by atoms with van der Waals surface area (Å²) in [6.07, 6.45) is 0.823. The molecule has 0 unspecified atom stereocenters. The Labute approximate surface area is 251 Å². The first-order valence-corrected chi connectivity index (χ1v) is 15.0. The van der Waals surface area contributed by atoms with Gasteiger partial charge >= 0.3 is 0 Å². The van der Waals surface area contributed by atoms with Crippen molar-refractivity contribution in [3.05, 3.63) is 106 Å². The summed E-state index contributed by atoms with van der Waals surface area (Å²) in [7, 11) is 3.29. The van der Waals surface area contributed by atoms with Gasteiger partial charge in [-0.05, 0) is 47.4 Å². The number of carbonyl (C=O) groups excluding carboxylic acids is 1. The van der Waals surface area contributed by atoms with Gasteiger partial charge in [0.2, 0.25) is 0 Å². The van der Waals surface area contributed by atoms with Crippen LogP contribution in [0.1, 0.15) is 32.2 Å². The summed E-state index contributed by atoms with van der Waals surface area (Å²) in [4.78, 5) is 21.9. The van der Waals surface area contributed by atoms with E-state index in [9.17, 15) is 4.79 Å². The minimum absolute atomic E-state index is 0.0243. The quantitative estimate of drug-likeness (QED) is 0.206. The zero-order chi connectivity index (χ0) is 29.1. The predicted molar refractivity (Wildman–Crippen MR) is 163 cm³/mol. The van der Waals surface area contributed by atoms with Crippen LogP contribution in [0.5, 0.6) is 17.2 Å². The van der Waals surface area contributed by atoms with Gasteiger partial charge in [-0.2, -0.15) is 0 Å². The van der Waals surface area contributed by atoms with Gasteiger partial charge in [0.15, 0.2) is 11.5 Å². The number of carbonyl (C=O) groups is 1. The maximum absolute atomic E-state index is 13.0. The molecule has 4 aromatic rings. The Balaban J connectivity index is 1.26. The number of ether oxygens (including phenoxy) is 4. The second-order valence-corrected chi connectivity index (χ2v) is 11.0. The number of nitrogens with zero attached hydrogens (tertiary/aromatic N) is 3. The van der Waals surface area contributed by atoms with Gasteiger partial charge in [-0.3, -0.25) is 9.69 Å². The molecule has 0 spiro atoms. The molecule has 0 radical (unpaired) electrons. The molecule has 9 heteroatoms. The third-order valence-corrected chi connectivity index (χ3v) is 8.00. The Kier molecular flexibility index (Phi) is 10.4. The van der Waals surface area contributed by atoms with Gasteiger partial charge in [0, 0.05) is 31.6 Å². The van der Waals surface area contributed by atoms with Crippen molar-refractivity contribution in [3.63, 3.8) is 0 Å². The number of hydrogen-bond donors (Lipinski definition) is 0. The zero-order valence-corrected chi connectivity index (χ0v) is 25.0. The number of amides is 1. The van der Waals surface area contributed by atoms with Crippen molar-refractivity contribution in [2.45, 2.75) is 26.1 Å². The van der Waals surface area contributed by atoms with E-state index in [1.807, 2.05) is 52.7 Å². The fourth-order valence-electron chi connectivity index (χ4n) is 4.83. The summed E-state index contributed by atoms with van der Waals surface area (Å²) in [6, 6.07) is 24.5. The topological polar surface area (TPSA) is 73.4 Å². The monoisotopic (exact) mass is 587 g/mol. The van der Waals surface area contributed by atoms with Gasteiger partial charge in [-0.25, -0.2) is 4.98 Å². The highest BCUT2D eigenvalue weighted by Gasteiger charge is 2.21. The Morgan fingerprint density at radius 3 is 2.38 bits per heavy atom. The molecule has 2 heterocycles. The number of aromatic nitrogens is 1. The second kappa shape index (κ2) is 14.8. The average molecular weight is 588 g/mol. The molecule has 0 aliphatic carbocycles. The summed E-state index contributed by atoms with van der Waals surface area (Å²) in [6.45, 7) is 5.06. The molecule has 0 N–H and O–H groups in total. The first-order chi connectivity index (χ1) is 20.6. The van der Waals surface area contributed by atoms with E-state index in [2.05, 4.69) is 35.2 Å². The van der Waals surface area contributed by atoms with Crippen LogP contribution in [0.25, 0.3) is 0 Å². The molecule has 8 nitrogen and oxygen atoms in total. The first kappa shape index (κ1) is 29.6. The number of hydrogen-bond acceptors (Lipinski definition) is 8. The highest BCUT2D eigenvalue weighted by atomic mass is 32.1. The van der Waals surface area contributed by atoms with E-state index in [1.165, 1.54) is 16.9 Å². The van der Waals surface area contributed by atoms with E-state index in [0.29, 0.717) is 50.9 Å².